The highest BCUT2D eigenvalue weighted by Crippen LogP contribution is 2.30. The van der Waals surface area contributed by atoms with Crippen LogP contribution in [0.25, 0.3) is 11.3 Å². The van der Waals surface area contributed by atoms with Crippen LogP contribution in [0.1, 0.15) is 12.8 Å². The molecule has 88 valence electrons. The maximum atomic E-state index is 13.5. The lowest BCUT2D eigenvalue weighted by atomic mass is 10.1. The van der Waals surface area contributed by atoms with Crippen LogP contribution in [0.3, 0.4) is 0 Å². The molecule has 0 saturated heterocycles. The molecule has 0 amide bonds. The van der Waals surface area contributed by atoms with Gasteiger partial charge < -0.3 is 5.32 Å². The Balaban J connectivity index is 1.89. The second-order valence-electron chi connectivity index (χ2n) is 4.08. The van der Waals surface area contributed by atoms with Crippen LogP contribution in [0, 0.1) is 11.6 Å². The first-order chi connectivity index (χ1) is 8.22. The van der Waals surface area contributed by atoms with E-state index in [9.17, 15) is 8.78 Å². The Labute approximate surface area is 101 Å². The van der Waals surface area contributed by atoms with Gasteiger partial charge in [0.15, 0.2) is 5.13 Å². The zero-order chi connectivity index (χ0) is 11.8. The van der Waals surface area contributed by atoms with Crippen LogP contribution in [0.4, 0.5) is 13.9 Å². The fraction of sp³-hybridized carbons (Fsp3) is 0.250. The smallest absolute Gasteiger partial charge is 0.183 e. The quantitative estimate of drug-likeness (QED) is 0.901. The predicted octanol–water partition coefficient (Wildman–Crippen LogP) is 3.66. The average Bonchev–Trinajstić information content (AvgIpc) is 2.96. The van der Waals surface area contributed by atoms with Crippen molar-refractivity contribution in [3.8, 4) is 11.3 Å². The topological polar surface area (TPSA) is 24.9 Å². The van der Waals surface area contributed by atoms with E-state index in [1.165, 1.54) is 36.3 Å². The molecule has 1 fully saturated rings. The number of hydrogen-bond donors (Lipinski definition) is 1. The molecule has 1 aromatic heterocycles. The van der Waals surface area contributed by atoms with Crippen molar-refractivity contribution in [1.82, 2.24) is 4.98 Å². The van der Waals surface area contributed by atoms with Crippen molar-refractivity contribution in [3.05, 3.63) is 35.2 Å². The van der Waals surface area contributed by atoms with Crippen molar-refractivity contribution in [2.75, 3.05) is 5.32 Å². The van der Waals surface area contributed by atoms with E-state index in [0.29, 0.717) is 17.3 Å². The zero-order valence-corrected chi connectivity index (χ0v) is 9.73. The molecule has 0 unspecified atom stereocenters. The minimum atomic E-state index is -0.576. The van der Waals surface area contributed by atoms with Crippen LogP contribution in [0.2, 0.25) is 0 Å². The van der Waals surface area contributed by atoms with Gasteiger partial charge in [0.25, 0.3) is 0 Å². The molecule has 1 N–H and O–H groups in total. The Morgan fingerprint density at radius 3 is 2.82 bits per heavy atom. The Kier molecular flexibility index (Phi) is 2.55. The van der Waals surface area contributed by atoms with Gasteiger partial charge in [0.2, 0.25) is 0 Å². The molecule has 1 aromatic carbocycles. The van der Waals surface area contributed by atoms with Gasteiger partial charge in [-0.05, 0) is 25.0 Å². The van der Waals surface area contributed by atoms with Gasteiger partial charge in [0.05, 0.1) is 5.69 Å². The van der Waals surface area contributed by atoms with Gasteiger partial charge in [-0.15, -0.1) is 11.3 Å². The molecule has 0 aliphatic heterocycles. The third-order valence-electron chi connectivity index (χ3n) is 2.62. The van der Waals surface area contributed by atoms with Crippen molar-refractivity contribution in [3.63, 3.8) is 0 Å². The second kappa shape index (κ2) is 4.07. The van der Waals surface area contributed by atoms with Crippen molar-refractivity contribution < 1.29 is 8.78 Å². The van der Waals surface area contributed by atoms with E-state index in [0.717, 1.165) is 11.2 Å². The normalized spacial score (nSPS) is 14.9. The minimum Gasteiger partial charge on any atom is -0.359 e. The highest BCUT2D eigenvalue weighted by atomic mass is 32.1. The number of aromatic nitrogens is 1. The van der Waals surface area contributed by atoms with Crippen molar-refractivity contribution in [2.24, 2.45) is 0 Å². The number of thiazole rings is 1. The Morgan fingerprint density at radius 1 is 1.29 bits per heavy atom. The molecule has 3 rings (SSSR count). The predicted molar refractivity (Wildman–Crippen MR) is 64.1 cm³/mol. The third-order valence-corrected chi connectivity index (χ3v) is 3.39. The van der Waals surface area contributed by atoms with E-state index in [-0.39, 0.29) is 0 Å². The van der Waals surface area contributed by atoms with Crippen molar-refractivity contribution in [2.45, 2.75) is 18.9 Å². The molecule has 2 nitrogen and oxygen atoms in total. The summed E-state index contributed by atoms with van der Waals surface area (Å²) in [5.74, 6) is -1.15. The molecule has 0 spiro atoms. The summed E-state index contributed by atoms with van der Waals surface area (Å²) in [4.78, 5) is 4.30. The summed E-state index contributed by atoms with van der Waals surface area (Å²) >= 11 is 1.44. The number of hydrogen-bond acceptors (Lipinski definition) is 3. The molecule has 1 saturated carbocycles. The van der Waals surface area contributed by atoms with Crippen LogP contribution in [0.15, 0.2) is 23.6 Å². The number of anilines is 1. The summed E-state index contributed by atoms with van der Waals surface area (Å²) in [5, 5.41) is 5.82. The molecule has 1 aliphatic rings. The fourth-order valence-corrected chi connectivity index (χ4v) is 2.35. The SMILES string of the molecule is Fc1ccc(-c2csc(NC3CC3)n2)c(F)c1. The van der Waals surface area contributed by atoms with Gasteiger partial charge in [-0.3, -0.25) is 0 Å². The summed E-state index contributed by atoms with van der Waals surface area (Å²) in [6, 6.07) is 4.06. The lowest BCUT2D eigenvalue weighted by Crippen LogP contribution is -1.99. The fourth-order valence-electron chi connectivity index (χ4n) is 1.56. The van der Waals surface area contributed by atoms with E-state index in [2.05, 4.69) is 10.3 Å². The van der Waals surface area contributed by atoms with Gasteiger partial charge in [-0.1, -0.05) is 0 Å². The van der Waals surface area contributed by atoms with Crippen LogP contribution in [-0.2, 0) is 0 Å². The van der Waals surface area contributed by atoms with Gasteiger partial charge in [-0.25, -0.2) is 13.8 Å². The summed E-state index contributed by atoms with van der Waals surface area (Å²) in [6.07, 6.45) is 2.33. The van der Waals surface area contributed by atoms with Crippen LogP contribution in [-0.4, -0.2) is 11.0 Å². The molecule has 1 heterocycles. The van der Waals surface area contributed by atoms with Gasteiger partial charge in [-0.2, -0.15) is 0 Å². The molecule has 17 heavy (non-hydrogen) atoms. The Hall–Kier alpha value is -1.49. The first-order valence-corrected chi connectivity index (χ1v) is 6.28. The Morgan fingerprint density at radius 2 is 2.12 bits per heavy atom. The standard InChI is InChI=1S/C12H10F2N2S/c13-7-1-4-9(10(14)5-7)11-6-17-12(16-11)15-8-2-3-8/h1,4-6,8H,2-3H2,(H,15,16). The maximum Gasteiger partial charge on any atom is 0.183 e. The molecular weight excluding hydrogens is 242 g/mol. The molecule has 0 radical (unpaired) electrons. The molecular formula is C12H10F2N2S. The summed E-state index contributed by atoms with van der Waals surface area (Å²) in [6.45, 7) is 0. The second-order valence-corrected chi connectivity index (χ2v) is 4.94. The third kappa shape index (κ3) is 2.29. The first kappa shape index (κ1) is 10.7. The van der Waals surface area contributed by atoms with E-state index in [1.807, 2.05) is 0 Å². The lowest BCUT2D eigenvalue weighted by Gasteiger charge is -1.99. The summed E-state index contributed by atoms with van der Waals surface area (Å²) < 4.78 is 26.3. The van der Waals surface area contributed by atoms with Gasteiger partial charge in [0.1, 0.15) is 11.6 Å². The summed E-state index contributed by atoms with van der Waals surface area (Å²) in [5.41, 5.74) is 0.891. The van der Waals surface area contributed by atoms with E-state index >= 15 is 0 Å². The number of halogens is 2. The number of benzene rings is 1. The van der Waals surface area contributed by atoms with E-state index < -0.39 is 11.6 Å². The molecule has 0 bridgehead atoms. The number of rotatable bonds is 3. The minimum absolute atomic E-state index is 0.339. The monoisotopic (exact) mass is 252 g/mol. The lowest BCUT2D eigenvalue weighted by molar-refractivity contribution is 0.585. The van der Waals surface area contributed by atoms with Gasteiger partial charge >= 0.3 is 0 Å². The van der Waals surface area contributed by atoms with Crippen LogP contribution in [0.5, 0.6) is 0 Å². The van der Waals surface area contributed by atoms with Crippen LogP contribution >= 0.6 is 11.3 Å². The first-order valence-electron chi connectivity index (χ1n) is 5.40. The maximum absolute atomic E-state index is 13.5. The van der Waals surface area contributed by atoms with Crippen molar-refractivity contribution in [1.29, 1.82) is 0 Å². The largest absolute Gasteiger partial charge is 0.359 e. The van der Waals surface area contributed by atoms with Crippen LogP contribution < -0.4 is 5.32 Å². The van der Waals surface area contributed by atoms with Gasteiger partial charge in [0, 0.05) is 23.1 Å². The zero-order valence-electron chi connectivity index (χ0n) is 8.91. The molecule has 5 heteroatoms. The molecule has 0 atom stereocenters. The highest BCUT2D eigenvalue weighted by Gasteiger charge is 2.22. The van der Waals surface area contributed by atoms with Crippen molar-refractivity contribution >= 4 is 16.5 Å². The molecule has 2 aromatic rings. The number of nitrogens with zero attached hydrogens (tertiary/aromatic N) is 1. The number of nitrogens with one attached hydrogen (secondary N) is 1. The average molecular weight is 252 g/mol. The molecule has 1 aliphatic carbocycles. The van der Waals surface area contributed by atoms with E-state index in [4.69, 9.17) is 0 Å². The highest BCUT2D eigenvalue weighted by molar-refractivity contribution is 7.14. The summed E-state index contributed by atoms with van der Waals surface area (Å²) in [7, 11) is 0. The van der Waals surface area contributed by atoms with E-state index in [1.54, 1.807) is 5.38 Å². The Bertz CT molecular complexity index is 549.